The van der Waals surface area contributed by atoms with Gasteiger partial charge in [-0.05, 0) is 6.42 Å². The Morgan fingerprint density at radius 3 is 2.15 bits per heavy atom. The number of sulfonamides is 1. The number of allylic oxidation sites excluding steroid dienone is 2. The number of ether oxygens (including phenoxy) is 1. The van der Waals surface area contributed by atoms with Gasteiger partial charge in [0.15, 0.2) is 10.7 Å². The summed E-state index contributed by atoms with van der Waals surface area (Å²) in [6.07, 6.45) is 0.560. The normalized spacial score (nSPS) is 15.3. The van der Waals surface area contributed by atoms with Crippen LogP contribution in [0.15, 0.2) is 34.9 Å². The van der Waals surface area contributed by atoms with Crippen LogP contribution in [-0.2, 0) is 14.8 Å². The first-order valence-corrected chi connectivity index (χ1v) is 7.50. The number of carbonyl (C=O) groups excluding carboxylic acids is 2. The predicted molar refractivity (Wildman–Crippen MR) is 71.5 cm³/mol. The Bertz CT molecular complexity index is 718. The lowest BCUT2D eigenvalue weighted by molar-refractivity contribution is 0.0878. The van der Waals surface area contributed by atoms with Gasteiger partial charge in [0.1, 0.15) is 0 Å². The van der Waals surface area contributed by atoms with Crippen LogP contribution < -0.4 is 5.14 Å². The van der Waals surface area contributed by atoms with Crippen LogP contribution in [0.25, 0.3) is 0 Å². The molecule has 2 rings (SSSR count). The molecule has 0 radical (unpaired) electrons. The fourth-order valence-corrected chi connectivity index (χ4v) is 2.70. The van der Waals surface area contributed by atoms with Crippen LogP contribution in [0.1, 0.15) is 34.1 Å². The molecule has 6 nitrogen and oxygen atoms in total. The third-order valence-corrected chi connectivity index (χ3v) is 3.71. The molecule has 106 valence electrons. The largest absolute Gasteiger partial charge is 0.488 e. The summed E-state index contributed by atoms with van der Waals surface area (Å²) in [5, 5.41) is 5.04. The van der Waals surface area contributed by atoms with Gasteiger partial charge in [0.2, 0.25) is 21.6 Å². The van der Waals surface area contributed by atoms with E-state index in [9.17, 15) is 18.0 Å². The van der Waals surface area contributed by atoms with Crippen molar-refractivity contribution in [3.05, 3.63) is 46.1 Å². The third kappa shape index (κ3) is 2.37. The van der Waals surface area contributed by atoms with Crippen molar-refractivity contribution in [2.45, 2.75) is 13.3 Å². The summed E-state index contributed by atoms with van der Waals surface area (Å²) in [6, 6.07) is 5.97. The Labute approximate surface area is 116 Å². The number of nitrogens with two attached hydrogens (primary N) is 1. The highest BCUT2D eigenvalue weighted by Gasteiger charge is 2.38. The lowest BCUT2D eigenvalue weighted by Crippen LogP contribution is -2.31. The van der Waals surface area contributed by atoms with Gasteiger partial charge in [0.25, 0.3) is 0 Å². The van der Waals surface area contributed by atoms with Crippen LogP contribution in [0, 0.1) is 0 Å². The van der Waals surface area contributed by atoms with Gasteiger partial charge < -0.3 is 4.74 Å². The minimum absolute atomic E-state index is 0.0189. The molecule has 0 atom stereocenters. The SMILES string of the molecule is CCCOC1=C(S(N)(=O)=O)C(=O)c2ccccc2C1=O. The van der Waals surface area contributed by atoms with Crippen LogP contribution in [0.4, 0.5) is 0 Å². The zero-order valence-corrected chi connectivity index (χ0v) is 11.6. The molecule has 0 saturated heterocycles. The molecule has 0 heterocycles. The van der Waals surface area contributed by atoms with Crippen molar-refractivity contribution in [1.82, 2.24) is 0 Å². The number of hydrogen-bond donors (Lipinski definition) is 1. The van der Waals surface area contributed by atoms with E-state index in [0.717, 1.165) is 0 Å². The maximum atomic E-state index is 12.3. The van der Waals surface area contributed by atoms with Crippen LogP contribution in [0.5, 0.6) is 0 Å². The summed E-state index contributed by atoms with van der Waals surface area (Å²) in [7, 11) is -4.35. The molecule has 2 N–H and O–H groups in total. The Hall–Kier alpha value is -1.99. The van der Waals surface area contributed by atoms with Crippen LogP contribution in [-0.4, -0.2) is 26.6 Å². The molecule has 0 aliphatic heterocycles. The average Bonchev–Trinajstić information content (AvgIpc) is 2.39. The van der Waals surface area contributed by atoms with Crippen LogP contribution in [0.3, 0.4) is 0 Å². The molecule has 7 heteroatoms. The van der Waals surface area contributed by atoms with Crippen molar-refractivity contribution in [3.8, 4) is 0 Å². The van der Waals surface area contributed by atoms with Crippen LogP contribution >= 0.6 is 0 Å². The maximum absolute atomic E-state index is 12.3. The van der Waals surface area contributed by atoms with E-state index in [1.807, 2.05) is 0 Å². The zero-order chi connectivity index (χ0) is 14.9. The topological polar surface area (TPSA) is 104 Å². The van der Waals surface area contributed by atoms with Crippen molar-refractivity contribution in [3.63, 3.8) is 0 Å². The monoisotopic (exact) mass is 295 g/mol. The highest BCUT2D eigenvalue weighted by molar-refractivity contribution is 7.94. The van der Waals surface area contributed by atoms with Gasteiger partial charge in [-0.2, -0.15) is 0 Å². The van der Waals surface area contributed by atoms with E-state index in [2.05, 4.69) is 0 Å². The summed E-state index contributed by atoms with van der Waals surface area (Å²) in [5.41, 5.74) is 0.140. The van der Waals surface area contributed by atoms with Gasteiger partial charge in [0.05, 0.1) is 6.61 Å². The smallest absolute Gasteiger partial charge is 0.245 e. The summed E-state index contributed by atoms with van der Waals surface area (Å²) in [4.78, 5) is 23.7. The molecule has 1 aliphatic carbocycles. The standard InChI is InChI=1S/C13H13NO5S/c1-2-7-19-12-10(15)8-5-3-4-6-9(8)11(16)13(12)20(14,17)18/h3-6H,2,7H2,1H3,(H2,14,17,18). The second kappa shape index (κ2) is 5.18. The van der Waals surface area contributed by atoms with Crippen molar-refractivity contribution < 1.29 is 22.7 Å². The third-order valence-electron chi connectivity index (χ3n) is 2.77. The van der Waals surface area contributed by atoms with Crippen molar-refractivity contribution in [1.29, 1.82) is 0 Å². The number of fused-ring (bicyclic) bond motifs is 1. The van der Waals surface area contributed by atoms with Gasteiger partial charge in [0, 0.05) is 11.1 Å². The Morgan fingerprint density at radius 2 is 1.65 bits per heavy atom. The molecule has 1 aromatic carbocycles. The molecule has 0 amide bonds. The number of carbonyl (C=O) groups is 2. The van der Waals surface area contributed by atoms with E-state index >= 15 is 0 Å². The molecule has 0 aromatic heterocycles. The van der Waals surface area contributed by atoms with E-state index in [0.29, 0.717) is 6.42 Å². The first-order chi connectivity index (χ1) is 9.38. The summed E-state index contributed by atoms with van der Waals surface area (Å²) >= 11 is 0. The van der Waals surface area contributed by atoms with E-state index in [-0.39, 0.29) is 17.7 Å². The highest BCUT2D eigenvalue weighted by Crippen LogP contribution is 2.29. The molecular weight excluding hydrogens is 282 g/mol. The van der Waals surface area contributed by atoms with Gasteiger partial charge >= 0.3 is 0 Å². The minimum atomic E-state index is -4.35. The first kappa shape index (κ1) is 14.4. The molecule has 0 fully saturated rings. The molecule has 0 spiro atoms. The summed E-state index contributed by atoms with van der Waals surface area (Å²) in [6.45, 7) is 1.91. The molecular formula is C13H13NO5S. The van der Waals surface area contributed by atoms with Crippen molar-refractivity contribution in [2.75, 3.05) is 6.61 Å². The Balaban J connectivity index is 2.69. The zero-order valence-electron chi connectivity index (χ0n) is 10.8. The predicted octanol–water partition coefficient (Wildman–Crippen LogP) is 0.992. The number of hydrogen-bond acceptors (Lipinski definition) is 5. The van der Waals surface area contributed by atoms with E-state index in [1.54, 1.807) is 19.1 Å². The molecule has 1 aliphatic rings. The lowest BCUT2D eigenvalue weighted by atomic mass is 9.93. The maximum Gasteiger partial charge on any atom is 0.245 e. The molecule has 1 aromatic rings. The number of Topliss-reactive ketones (excluding diaryl/α,β-unsaturated/α-hetero) is 2. The van der Waals surface area contributed by atoms with Gasteiger partial charge in [-0.15, -0.1) is 0 Å². The van der Waals surface area contributed by atoms with Gasteiger partial charge in [-0.1, -0.05) is 31.2 Å². The number of primary sulfonamides is 1. The average molecular weight is 295 g/mol. The summed E-state index contributed by atoms with van der Waals surface area (Å²) in [5.74, 6) is -1.94. The molecule has 20 heavy (non-hydrogen) atoms. The minimum Gasteiger partial charge on any atom is -0.488 e. The van der Waals surface area contributed by atoms with E-state index in [1.165, 1.54) is 12.1 Å². The second-order valence-electron chi connectivity index (χ2n) is 4.26. The van der Waals surface area contributed by atoms with E-state index in [4.69, 9.17) is 9.88 Å². The van der Waals surface area contributed by atoms with Crippen molar-refractivity contribution in [2.24, 2.45) is 5.14 Å². The molecule has 0 saturated carbocycles. The summed E-state index contributed by atoms with van der Waals surface area (Å²) < 4.78 is 28.3. The number of rotatable bonds is 4. The first-order valence-electron chi connectivity index (χ1n) is 5.96. The highest BCUT2D eigenvalue weighted by atomic mass is 32.2. The molecule has 0 unspecified atom stereocenters. The second-order valence-corrected chi connectivity index (χ2v) is 5.75. The van der Waals surface area contributed by atoms with E-state index < -0.39 is 32.3 Å². The Kier molecular flexibility index (Phi) is 3.74. The van der Waals surface area contributed by atoms with Gasteiger partial charge in [-0.3, -0.25) is 9.59 Å². The molecule has 0 bridgehead atoms. The van der Waals surface area contributed by atoms with Gasteiger partial charge in [-0.25, -0.2) is 13.6 Å². The lowest BCUT2D eigenvalue weighted by Gasteiger charge is -2.19. The Morgan fingerprint density at radius 1 is 1.10 bits per heavy atom. The fraction of sp³-hybridized carbons (Fsp3) is 0.231. The number of ketones is 2. The number of benzene rings is 1. The fourth-order valence-electron chi connectivity index (χ4n) is 1.92. The van der Waals surface area contributed by atoms with Crippen molar-refractivity contribution >= 4 is 21.6 Å². The van der Waals surface area contributed by atoms with Crippen LogP contribution in [0.2, 0.25) is 0 Å². The quantitative estimate of drug-likeness (QED) is 0.892.